The van der Waals surface area contributed by atoms with Crippen LogP contribution in [0.3, 0.4) is 0 Å². The van der Waals surface area contributed by atoms with Crippen LogP contribution in [0.1, 0.15) is 32.8 Å². The van der Waals surface area contributed by atoms with Gasteiger partial charge in [0.2, 0.25) is 11.9 Å². The molecule has 30 heavy (non-hydrogen) atoms. The maximum atomic E-state index is 12.6. The van der Waals surface area contributed by atoms with E-state index in [9.17, 15) is 22.8 Å². The second-order valence-electron chi connectivity index (χ2n) is 8.59. The number of carbonyl (C=O) groups excluding carboxylic acids is 2. The van der Waals surface area contributed by atoms with Gasteiger partial charge in [-0.15, -0.1) is 0 Å². The smallest absolute Gasteiger partial charge is 0.419 e. The molecule has 0 atom stereocenters. The summed E-state index contributed by atoms with van der Waals surface area (Å²) in [6.07, 6.45) is -2.93. The third kappa shape index (κ3) is 5.51. The molecule has 0 unspecified atom stereocenters. The standard InChI is InChI=1S/C19H26F3N5O3/c1-18(2,3)30-17(29)27-11-13(12-27)8-15(28)25-4-6-26(7-5-25)16-23-9-14(10-24-16)19(20,21)22/h9-10,13H,4-8,11-12H2,1-3H3. The number of rotatable bonds is 3. The van der Waals surface area contributed by atoms with E-state index in [1.807, 2.05) is 0 Å². The zero-order valence-electron chi connectivity index (χ0n) is 17.3. The molecule has 2 aliphatic heterocycles. The van der Waals surface area contributed by atoms with E-state index in [0.717, 1.165) is 12.4 Å². The van der Waals surface area contributed by atoms with Crippen LogP contribution in [0.2, 0.25) is 0 Å². The molecule has 3 heterocycles. The number of aromatic nitrogens is 2. The Morgan fingerprint density at radius 1 is 1.03 bits per heavy atom. The van der Waals surface area contributed by atoms with E-state index in [0.29, 0.717) is 45.7 Å². The number of nitrogens with zero attached hydrogens (tertiary/aromatic N) is 5. The molecule has 2 amide bonds. The lowest BCUT2D eigenvalue weighted by Crippen LogP contribution is -2.54. The number of halogens is 3. The van der Waals surface area contributed by atoms with Gasteiger partial charge in [-0.2, -0.15) is 13.2 Å². The predicted molar refractivity (Wildman–Crippen MR) is 102 cm³/mol. The number of hydrogen-bond donors (Lipinski definition) is 0. The van der Waals surface area contributed by atoms with Gasteiger partial charge in [0, 0.05) is 64.0 Å². The lowest BCUT2D eigenvalue weighted by atomic mass is 9.96. The summed E-state index contributed by atoms with van der Waals surface area (Å²) in [5.41, 5.74) is -1.44. The van der Waals surface area contributed by atoms with E-state index >= 15 is 0 Å². The molecule has 0 N–H and O–H groups in total. The first-order valence-electron chi connectivity index (χ1n) is 9.82. The number of hydrogen-bond acceptors (Lipinski definition) is 6. The Kier molecular flexibility index (Phi) is 6.09. The molecule has 0 bridgehead atoms. The summed E-state index contributed by atoms with van der Waals surface area (Å²) >= 11 is 0. The normalized spacial score (nSPS) is 18.3. The van der Waals surface area contributed by atoms with E-state index in [1.165, 1.54) is 0 Å². The molecule has 0 radical (unpaired) electrons. The van der Waals surface area contributed by atoms with Crippen LogP contribution in [0.15, 0.2) is 12.4 Å². The molecular formula is C19H26F3N5O3. The average Bonchev–Trinajstić information content (AvgIpc) is 2.62. The number of likely N-dealkylation sites (tertiary alicyclic amines) is 1. The number of ether oxygens (including phenoxy) is 1. The summed E-state index contributed by atoms with van der Waals surface area (Å²) in [6, 6.07) is 0. The van der Waals surface area contributed by atoms with Gasteiger partial charge in [-0.1, -0.05) is 0 Å². The highest BCUT2D eigenvalue weighted by Gasteiger charge is 2.36. The van der Waals surface area contributed by atoms with Crippen LogP contribution in [0.25, 0.3) is 0 Å². The SMILES string of the molecule is CC(C)(C)OC(=O)N1CC(CC(=O)N2CCN(c3ncc(C(F)(F)F)cn3)CC2)C1. The summed E-state index contributed by atoms with van der Waals surface area (Å²) in [7, 11) is 0. The Hall–Kier alpha value is -2.59. The van der Waals surface area contributed by atoms with Gasteiger partial charge in [0.1, 0.15) is 5.60 Å². The zero-order valence-corrected chi connectivity index (χ0v) is 17.3. The Bertz CT molecular complexity index is 765. The highest BCUT2D eigenvalue weighted by molar-refractivity contribution is 5.77. The quantitative estimate of drug-likeness (QED) is 0.734. The molecule has 2 fully saturated rings. The van der Waals surface area contributed by atoms with Crippen LogP contribution in [-0.4, -0.2) is 76.6 Å². The first-order chi connectivity index (χ1) is 13.9. The van der Waals surface area contributed by atoms with Gasteiger partial charge in [0.15, 0.2) is 0 Å². The largest absolute Gasteiger partial charge is 0.444 e. The van der Waals surface area contributed by atoms with Crippen LogP contribution in [-0.2, 0) is 15.7 Å². The minimum atomic E-state index is -4.47. The summed E-state index contributed by atoms with van der Waals surface area (Å²) in [5.74, 6) is 0.347. The number of piperazine rings is 1. The first-order valence-corrected chi connectivity index (χ1v) is 9.82. The second-order valence-corrected chi connectivity index (χ2v) is 8.59. The van der Waals surface area contributed by atoms with Crippen molar-refractivity contribution < 1.29 is 27.5 Å². The lowest BCUT2D eigenvalue weighted by Gasteiger charge is -2.41. The number of anilines is 1. The molecule has 11 heteroatoms. The number of carbonyl (C=O) groups is 2. The summed E-state index contributed by atoms with van der Waals surface area (Å²) in [5, 5.41) is 0. The first kappa shape index (κ1) is 22.1. The molecule has 0 spiro atoms. The predicted octanol–water partition coefficient (Wildman–Crippen LogP) is 2.40. The van der Waals surface area contributed by atoms with Crippen molar-refractivity contribution in [2.45, 2.75) is 39.0 Å². The molecule has 0 aromatic carbocycles. The third-order valence-corrected chi connectivity index (χ3v) is 4.95. The van der Waals surface area contributed by atoms with E-state index < -0.39 is 17.3 Å². The monoisotopic (exact) mass is 429 g/mol. The topological polar surface area (TPSA) is 78.9 Å². The maximum Gasteiger partial charge on any atom is 0.419 e. The van der Waals surface area contributed by atoms with Crippen molar-refractivity contribution >= 4 is 17.9 Å². The fourth-order valence-electron chi connectivity index (χ4n) is 3.34. The van der Waals surface area contributed by atoms with Crippen molar-refractivity contribution in [1.82, 2.24) is 19.8 Å². The Morgan fingerprint density at radius 3 is 2.10 bits per heavy atom. The molecule has 0 saturated carbocycles. The third-order valence-electron chi connectivity index (χ3n) is 4.95. The molecule has 0 aliphatic carbocycles. The molecule has 166 valence electrons. The molecule has 2 aliphatic rings. The van der Waals surface area contributed by atoms with Crippen molar-refractivity contribution in [2.75, 3.05) is 44.2 Å². The average molecular weight is 429 g/mol. The van der Waals surface area contributed by atoms with Crippen molar-refractivity contribution in [3.8, 4) is 0 Å². The summed E-state index contributed by atoms with van der Waals surface area (Å²) < 4.78 is 43.1. The minimum Gasteiger partial charge on any atom is -0.444 e. The van der Waals surface area contributed by atoms with Crippen molar-refractivity contribution in [2.24, 2.45) is 5.92 Å². The van der Waals surface area contributed by atoms with Crippen LogP contribution in [0.4, 0.5) is 23.9 Å². The van der Waals surface area contributed by atoms with E-state index in [-0.39, 0.29) is 23.9 Å². The van der Waals surface area contributed by atoms with E-state index in [1.54, 1.807) is 35.5 Å². The molecule has 1 aromatic heterocycles. The van der Waals surface area contributed by atoms with Gasteiger partial charge in [-0.25, -0.2) is 14.8 Å². The molecule has 8 nitrogen and oxygen atoms in total. The Labute approximate surface area is 173 Å². The molecule has 2 saturated heterocycles. The maximum absolute atomic E-state index is 12.6. The second kappa shape index (κ2) is 8.27. The van der Waals surface area contributed by atoms with Gasteiger partial charge in [0.25, 0.3) is 0 Å². The van der Waals surface area contributed by atoms with Gasteiger partial charge in [-0.3, -0.25) is 4.79 Å². The van der Waals surface area contributed by atoms with Crippen molar-refractivity contribution in [3.63, 3.8) is 0 Å². The Morgan fingerprint density at radius 2 is 1.60 bits per heavy atom. The van der Waals surface area contributed by atoms with Crippen LogP contribution >= 0.6 is 0 Å². The fourth-order valence-corrected chi connectivity index (χ4v) is 3.34. The summed E-state index contributed by atoms with van der Waals surface area (Å²) in [6.45, 7) is 8.22. The minimum absolute atomic E-state index is 0.0110. The highest BCUT2D eigenvalue weighted by Crippen LogP contribution is 2.28. The van der Waals surface area contributed by atoms with E-state index in [4.69, 9.17) is 4.74 Å². The van der Waals surface area contributed by atoms with Crippen LogP contribution in [0, 0.1) is 5.92 Å². The molecule has 3 rings (SSSR count). The van der Waals surface area contributed by atoms with Gasteiger partial charge >= 0.3 is 12.3 Å². The number of alkyl halides is 3. The zero-order chi connectivity index (χ0) is 22.1. The summed E-state index contributed by atoms with van der Waals surface area (Å²) in [4.78, 5) is 37.2. The number of amides is 2. The highest BCUT2D eigenvalue weighted by atomic mass is 19.4. The Balaban J connectivity index is 1.41. The van der Waals surface area contributed by atoms with Crippen LogP contribution < -0.4 is 4.90 Å². The van der Waals surface area contributed by atoms with Gasteiger partial charge in [-0.05, 0) is 20.8 Å². The van der Waals surface area contributed by atoms with Crippen LogP contribution in [0.5, 0.6) is 0 Å². The van der Waals surface area contributed by atoms with Gasteiger partial charge < -0.3 is 19.4 Å². The molecule has 1 aromatic rings. The van der Waals surface area contributed by atoms with Crippen molar-refractivity contribution in [1.29, 1.82) is 0 Å². The lowest BCUT2D eigenvalue weighted by molar-refractivity contribution is -0.138. The van der Waals surface area contributed by atoms with Gasteiger partial charge in [0.05, 0.1) is 5.56 Å². The van der Waals surface area contributed by atoms with Crippen molar-refractivity contribution in [3.05, 3.63) is 18.0 Å². The van der Waals surface area contributed by atoms with E-state index in [2.05, 4.69) is 9.97 Å². The fraction of sp³-hybridized carbons (Fsp3) is 0.684. The molecular weight excluding hydrogens is 403 g/mol.